The van der Waals surface area contributed by atoms with Crippen molar-refractivity contribution in [1.29, 1.82) is 10.5 Å². The number of sulfonamides is 1. The Hall–Kier alpha value is -3.27. The van der Waals surface area contributed by atoms with Gasteiger partial charge in [0.2, 0.25) is 10.0 Å². The molecule has 1 saturated heterocycles. The standard InChI is InChI=1S/C22H21N5O3S/c23-13-16-2-1-3-18(12-16)22(17-4-5-17)30-26-19-8-10-27(11-9-19)31(28,29)21-7-6-20(14-24)25-15-21/h1-3,6-7,12,15,17,22H,4-5,8-11H2. The molecule has 0 bridgehead atoms. The van der Waals surface area contributed by atoms with Crippen molar-refractivity contribution in [3.05, 3.63) is 59.4 Å². The molecule has 1 aromatic heterocycles. The Balaban J connectivity index is 1.40. The van der Waals surface area contributed by atoms with E-state index in [0.29, 0.717) is 37.4 Å². The number of hydrogen-bond acceptors (Lipinski definition) is 7. The maximum Gasteiger partial charge on any atom is 0.244 e. The van der Waals surface area contributed by atoms with Crippen LogP contribution < -0.4 is 0 Å². The van der Waals surface area contributed by atoms with Crippen LogP contribution in [0, 0.1) is 28.6 Å². The van der Waals surface area contributed by atoms with Gasteiger partial charge in [-0.1, -0.05) is 17.3 Å². The van der Waals surface area contributed by atoms with E-state index < -0.39 is 10.0 Å². The summed E-state index contributed by atoms with van der Waals surface area (Å²) in [5, 5.41) is 22.3. The van der Waals surface area contributed by atoms with E-state index in [1.165, 1.54) is 22.6 Å². The van der Waals surface area contributed by atoms with Crippen molar-refractivity contribution in [2.45, 2.75) is 36.7 Å². The van der Waals surface area contributed by atoms with Crippen LogP contribution in [0.5, 0.6) is 0 Å². The second-order valence-corrected chi connectivity index (χ2v) is 9.59. The third-order valence-corrected chi connectivity index (χ3v) is 7.36. The summed E-state index contributed by atoms with van der Waals surface area (Å²) in [6.45, 7) is 0.616. The molecule has 1 aliphatic carbocycles. The summed E-state index contributed by atoms with van der Waals surface area (Å²) >= 11 is 0. The fourth-order valence-electron chi connectivity index (χ4n) is 3.56. The number of rotatable bonds is 6. The average Bonchev–Trinajstić information content (AvgIpc) is 3.65. The SMILES string of the molecule is N#Cc1cccc(C(ON=C2CCN(S(=O)(=O)c3ccc(C#N)nc3)CC2)C2CC2)c1. The predicted molar refractivity (Wildman–Crippen MR) is 112 cm³/mol. The molecule has 0 N–H and O–H groups in total. The lowest BCUT2D eigenvalue weighted by molar-refractivity contribution is 0.0409. The van der Waals surface area contributed by atoms with Gasteiger partial charge in [0.15, 0.2) is 6.10 Å². The van der Waals surface area contributed by atoms with Crippen molar-refractivity contribution >= 4 is 15.7 Å². The normalized spacial score (nSPS) is 17.9. The average molecular weight is 436 g/mol. The molecule has 8 nitrogen and oxygen atoms in total. The summed E-state index contributed by atoms with van der Waals surface area (Å²) in [4.78, 5) is 9.82. The minimum absolute atomic E-state index is 0.0781. The van der Waals surface area contributed by atoms with Gasteiger partial charge in [-0.05, 0) is 42.7 Å². The highest BCUT2D eigenvalue weighted by molar-refractivity contribution is 7.89. The molecule has 2 aliphatic rings. The molecule has 0 amide bonds. The summed E-state index contributed by atoms with van der Waals surface area (Å²) in [5.74, 6) is 0.391. The number of piperidine rings is 1. The van der Waals surface area contributed by atoms with Crippen LogP contribution in [-0.2, 0) is 14.9 Å². The highest BCUT2D eigenvalue weighted by Crippen LogP contribution is 2.43. The second-order valence-electron chi connectivity index (χ2n) is 7.65. The number of oxime groups is 1. The van der Waals surface area contributed by atoms with E-state index >= 15 is 0 Å². The summed E-state index contributed by atoms with van der Waals surface area (Å²) < 4.78 is 27.0. The van der Waals surface area contributed by atoms with Gasteiger partial charge in [0, 0.05) is 38.0 Å². The second kappa shape index (κ2) is 8.84. The van der Waals surface area contributed by atoms with Crippen LogP contribution in [0.25, 0.3) is 0 Å². The van der Waals surface area contributed by atoms with Gasteiger partial charge in [0.1, 0.15) is 16.7 Å². The highest BCUT2D eigenvalue weighted by Gasteiger charge is 2.35. The Morgan fingerprint density at radius 2 is 1.90 bits per heavy atom. The fourth-order valence-corrected chi connectivity index (χ4v) is 4.95. The zero-order chi connectivity index (χ0) is 21.8. The first-order chi connectivity index (χ1) is 15.0. The molecule has 2 fully saturated rings. The largest absolute Gasteiger partial charge is 0.387 e. The van der Waals surface area contributed by atoms with Crippen molar-refractivity contribution in [3.63, 3.8) is 0 Å². The van der Waals surface area contributed by atoms with E-state index in [4.69, 9.17) is 15.4 Å². The zero-order valence-electron chi connectivity index (χ0n) is 16.8. The van der Waals surface area contributed by atoms with Crippen molar-refractivity contribution in [1.82, 2.24) is 9.29 Å². The molecule has 31 heavy (non-hydrogen) atoms. The molecule has 9 heteroatoms. The van der Waals surface area contributed by atoms with Gasteiger partial charge in [0.05, 0.1) is 17.3 Å². The van der Waals surface area contributed by atoms with Gasteiger partial charge < -0.3 is 4.84 Å². The van der Waals surface area contributed by atoms with Gasteiger partial charge >= 0.3 is 0 Å². The lowest BCUT2D eigenvalue weighted by Crippen LogP contribution is -2.38. The van der Waals surface area contributed by atoms with Gasteiger partial charge in [-0.15, -0.1) is 0 Å². The maximum atomic E-state index is 12.8. The first-order valence-corrected chi connectivity index (χ1v) is 11.5. The third kappa shape index (κ3) is 4.74. The Morgan fingerprint density at radius 1 is 1.13 bits per heavy atom. The van der Waals surface area contributed by atoms with Crippen LogP contribution >= 0.6 is 0 Å². The van der Waals surface area contributed by atoms with E-state index in [-0.39, 0.29) is 16.7 Å². The molecule has 1 atom stereocenters. The summed E-state index contributed by atoms with van der Waals surface area (Å²) in [6, 6.07) is 14.2. The predicted octanol–water partition coefficient (Wildman–Crippen LogP) is 3.13. The molecule has 2 heterocycles. The van der Waals surface area contributed by atoms with Gasteiger partial charge in [-0.2, -0.15) is 14.8 Å². The summed E-state index contributed by atoms with van der Waals surface area (Å²) in [7, 11) is -3.66. The number of nitriles is 2. The number of pyridine rings is 1. The first-order valence-electron chi connectivity index (χ1n) is 10.1. The Bertz CT molecular complexity index is 1160. The zero-order valence-corrected chi connectivity index (χ0v) is 17.6. The quantitative estimate of drug-likeness (QED) is 0.643. The highest BCUT2D eigenvalue weighted by atomic mass is 32.2. The van der Waals surface area contributed by atoms with Crippen molar-refractivity contribution in [3.8, 4) is 12.1 Å². The van der Waals surface area contributed by atoms with Crippen LogP contribution in [0.2, 0.25) is 0 Å². The molecule has 4 rings (SSSR count). The Kier molecular flexibility index (Phi) is 5.99. The fraction of sp³-hybridized carbons (Fsp3) is 0.364. The molecular weight excluding hydrogens is 414 g/mol. The van der Waals surface area contributed by atoms with E-state index in [9.17, 15) is 8.42 Å². The molecule has 1 unspecified atom stereocenters. The smallest absolute Gasteiger partial charge is 0.244 e. The minimum Gasteiger partial charge on any atom is -0.387 e. The molecule has 1 saturated carbocycles. The Morgan fingerprint density at radius 3 is 2.52 bits per heavy atom. The van der Waals surface area contributed by atoms with Crippen LogP contribution in [0.1, 0.15) is 48.6 Å². The molecule has 2 aromatic rings. The molecule has 158 valence electrons. The van der Waals surface area contributed by atoms with Crippen LogP contribution in [0.3, 0.4) is 0 Å². The van der Waals surface area contributed by atoms with E-state index in [1.54, 1.807) is 6.07 Å². The van der Waals surface area contributed by atoms with E-state index in [1.807, 2.05) is 24.3 Å². The minimum atomic E-state index is -3.66. The Labute approximate surface area is 181 Å². The summed E-state index contributed by atoms with van der Waals surface area (Å²) in [6.07, 6.45) is 4.13. The summed E-state index contributed by atoms with van der Waals surface area (Å²) in [5.41, 5.74) is 2.54. The molecular formula is C22H21N5O3S. The van der Waals surface area contributed by atoms with Gasteiger partial charge in [-0.3, -0.25) is 0 Å². The molecule has 0 spiro atoms. The third-order valence-electron chi connectivity index (χ3n) is 5.48. The van der Waals surface area contributed by atoms with E-state index in [0.717, 1.165) is 24.1 Å². The topological polar surface area (TPSA) is 119 Å². The van der Waals surface area contributed by atoms with Crippen LogP contribution in [0.4, 0.5) is 0 Å². The van der Waals surface area contributed by atoms with Crippen LogP contribution in [-0.4, -0.2) is 36.5 Å². The van der Waals surface area contributed by atoms with Crippen molar-refractivity contribution < 1.29 is 13.3 Å². The molecule has 1 aromatic carbocycles. The van der Waals surface area contributed by atoms with Crippen molar-refractivity contribution in [2.24, 2.45) is 11.1 Å². The van der Waals surface area contributed by atoms with Crippen molar-refractivity contribution in [2.75, 3.05) is 13.1 Å². The number of nitrogens with zero attached hydrogens (tertiary/aromatic N) is 5. The first kappa shape index (κ1) is 21.0. The van der Waals surface area contributed by atoms with Crippen LogP contribution in [0.15, 0.2) is 52.6 Å². The monoisotopic (exact) mass is 435 g/mol. The molecule has 1 aliphatic heterocycles. The number of benzene rings is 1. The lowest BCUT2D eigenvalue weighted by Gasteiger charge is -2.27. The molecule has 0 radical (unpaired) electrons. The maximum absolute atomic E-state index is 12.8. The van der Waals surface area contributed by atoms with Gasteiger partial charge in [0.25, 0.3) is 0 Å². The van der Waals surface area contributed by atoms with Gasteiger partial charge in [-0.25, -0.2) is 13.4 Å². The van der Waals surface area contributed by atoms with E-state index in [2.05, 4.69) is 16.2 Å². The lowest BCUT2D eigenvalue weighted by atomic mass is 10.0. The number of hydrogen-bond donors (Lipinski definition) is 0. The number of aromatic nitrogens is 1.